The highest BCUT2D eigenvalue weighted by atomic mass is 16.2. The maximum absolute atomic E-state index is 12.2. The van der Waals surface area contributed by atoms with Gasteiger partial charge in [0.15, 0.2) is 11.5 Å². The second kappa shape index (κ2) is 6.09. The number of fused-ring (bicyclic) bond motifs is 1. The van der Waals surface area contributed by atoms with E-state index in [1.165, 1.54) is 0 Å². The van der Waals surface area contributed by atoms with Gasteiger partial charge in [-0.3, -0.25) is 14.2 Å². The van der Waals surface area contributed by atoms with Gasteiger partial charge in [0.25, 0.3) is 0 Å². The Morgan fingerprint density at radius 3 is 2.62 bits per heavy atom. The molecule has 2 fully saturated rings. The van der Waals surface area contributed by atoms with Gasteiger partial charge in [0.2, 0.25) is 5.91 Å². The first-order chi connectivity index (χ1) is 12.8. The molecule has 1 saturated heterocycles. The molecule has 3 aromatic heterocycles. The second-order valence-corrected chi connectivity index (χ2v) is 6.92. The zero-order valence-electron chi connectivity index (χ0n) is 14.5. The first-order valence-corrected chi connectivity index (χ1v) is 9.07. The molecule has 1 aliphatic carbocycles. The predicted molar refractivity (Wildman–Crippen MR) is 97.7 cm³/mol. The van der Waals surface area contributed by atoms with Gasteiger partial charge in [0.1, 0.15) is 0 Å². The molecule has 132 valence electrons. The summed E-state index contributed by atoms with van der Waals surface area (Å²) in [5.41, 5.74) is 2.87. The number of aromatic nitrogens is 4. The first kappa shape index (κ1) is 15.3. The van der Waals surface area contributed by atoms with Crippen LogP contribution >= 0.6 is 0 Å². The van der Waals surface area contributed by atoms with E-state index in [4.69, 9.17) is 0 Å². The van der Waals surface area contributed by atoms with Crippen LogP contribution in [0.25, 0.3) is 16.9 Å². The number of imidazole rings is 1. The Bertz CT molecular complexity index is 941. The molecule has 7 nitrogen and oxygen atoms in total. The van der Waals surface area contributed by atoms with Crippen molar-refractivity contribution in [2.45, 2.75) is 12.8 Å². The van der Waals surface area contributed by atoms with Crippen LogP contribution in [-0.4, -0.2) is 56.3 Å². The first-order valence-electron chi connectivity index (χ1n) is 9.07. The normalized spacial score (nSPS) is 17.7. The summed E-state index contributed by atoms with van der Waals surface area (Å²) in [6.07, 6.45) is 11.3. The minimum atomic E-state index is 0.289. The standard InChI is InChI=1S/C19H20N6O/c26-19(14-3-4-14)24-10-8-23(9-11-24)17-18-22-13-16(25(18)7-6-21-17)15-2-1-5-20-12-15/h1-2,5-7,12-14H,3-4,8-11H2. The van der Waals surface area contributed by atoms with Crippen molar-refractivity contribution in [1.29, 1.82) is 0 Å². The Hall–Kier alpha value is -2.96. The van der Waals surface area contributed by atoms with Crippen molar-refractivity contribution in [3.05, 3.63) is 43.1 Å². The molecule has 0 spiro atoms. The van der Waals surface area contributed by atoms with Crippen LogP contribution in [0.3, 0.4) is 0 Å². The summed E-state index contributed by atoms with van der Waals surface area (Å²) in [5, 5.41) is 0. The van der Waals surface area contributed by atoms with Gasteiger partial charge in [-0.15, -0.1) is 0 Å². The van der Waals surface area contributed by atoms with Gasteiger partial charge in [0, 0.05) is 62.4 Å². The molecular formula is C19H20N6O. The highest BCUT2D eigenvalue weighted by Crippen LogP contribution is 2.32. The number of rotatable bonds is 3. The van der Waals surface area contributed by atoms with Crippen LogP contribution in [0.1, 0.15) is 12.8 Å². The van der Waals surface area contributed by atoms with Gasteiger partial charge in [-0.05, 0) is 25.0 Å². The molecule has 1 aliphatic heterocycles. The maximum Gasteiger partial charge on any atom is 0.225 e. The molecule has 2 aliphatic rings. The Morgan fingerprint density at radius 1 is 1.04 bits per heavy atom. The molecule has 3 aromatic rings. The van der Waals surface area contributed by atoms with Crippen molar-refractivity contribution in [2.24, 2.45) is 5.92 Å². The number of hydrogen-bond acceptors (Lipinski definition) is 5. The summed E-state index contributed by atoms with van der Waals surface area (Å²) >= 11 is 0. The second-order valence-electron chi connectivity index (χ2n) is 6.92. The fourth-order valence-corrected chi connectivity index (χ4v) is 3.58. The lowest BCUT2D eigenvalue weighted by atomic mass is 10.2. The molecule has 0 N–H and O–H groups in total. The SMILES string of the molecule is O=C(C1CC1)N1CCN(c2nccn3c(-c4cccnc4)cnc23)CC1. The summed E-state index contributed by atoms with van der Waals surface area (Å²) in [5.74, 6) is 1.49. The molecule has 0 atom stereocenters. The molecule has 1 saturated carbocycles. The third-order valence-corrected chi connectivity index (χ3v) is 5.18. The van der Waals surface area contributed by atoms with Gasteiger partial charge in [-0.2, -0.15) is 0 Å². The average molecular weight is 348 g/mol. The third kappa shape index (κ3) is 2.60. The summed E-state index contributed by atoms with van der Waals surface area (Å²) in [4.78, 5) is 29.9. The zero-order valence-corrected chi connectivity index (χ0v) is 14.5. The van der Waals surface area contributed by atoms with Crippen LogP contribution in [0.4, 0.5) is 5.82 Å². The lowest BCUT2D eigenvalue weighted by molar-refractivity contribution is -0.132. The van der Waals surface area contributed by atoms with E-state index in [1.807, 2.05) is 41.8 Å². The van der Waals surface area contributed by atoms with E-state index in [2.05, 4.69) is 24.3 Å². The number of hydrogen-bond donors (Lipinski definition) is 0. The smallest absolute Gasteiger partial charge is 0.225 e. The van der Waals surface area contributed by atoms with E-state index in [1.54, 1.807) is 6.20 Å². The molecule has 0 aromatic carbocycles. The molecule has 26 heavy (non-hydrogen) atoms. The Kier molecular flexibility index (Phi) is 3.58. The monoisotopic (exact) mass is 348 g/mol. The highest BCUT2D eigenvalue weighted by Gasteiger charge is 2.35. The van der Waals surface area contributed by atoms with E-state index in [9.17, 15) is 4.79 Å². The minimum absolute atomic E-state index is 0.289. The predicted octanol–water partition coefficient (Wildman–Crippen LogP) is 1.85. The number of carbonyl (C=O) groups excluding carboxylic acids is 1. The van der Waals surface area contributed by atoms with Crippen molar-refractivity contribution in [2.75, 3.05) is 31.1 Å². The Labute approximate surface area is 151 Å². The minimum Gasteiger partial charge on any atom is -0.350 e. The average Bonchev–Trinajstić information content (AvgIpc) is 3.46. The van der Waals surface area contributed by atoms with Gasteiger partial charge in [-0.1, -0.05) is 0 Å². The van der Waals surface area contributed by atoms with E-state index in [0.717, 1.165) is 61.7 Å². The van der Waals surface area contributed by atoms with Crippen LogP contribution in [0.2, 0.25) is 0 Å². The molecule has 7 heteroatoms. The lowest BCUT2D eigenvalue weighted by Crippen LogP contribution is -2.49. The quantitative estimate of drug-likeness (QED) is 0.723. The summed E-state index contributed by atoms with van der Waals surface area (Å²) in [6.45, 7) is 3.10. The number of pyridine rings is 1. The lowest BCUT2D eigenvalue weighted by Gasteiger charge is -2.35. The van der Waals surface area contributed by atoms with Gasteiger partial charge in [0.05, 0.1) is 11.9 Å². The molecule has 0 radical (unpaired) electrons. The maximum atomic E-state index is 12.2. The van der Waals surface area contributed by atoms with Crippen molar-refractivity contribution in [3.8, 4) is 11.3 Å². The van der Waals surface area contributed by atoms with Gasteiger partial charge < -0.3 is 9.80 Å². The van der Waals surface area contributed by atoms with Crippen LogP contribution in [0.15, 0.2) is 43.1 Å². The summed E-state index contributed by atoms with van der Waals surface area (Å²) < 4.78 is 2.06. The fraction of sp³-hybridized carbons (Fsp3) is 0.368. The molecule has 1 amide bonds. The van der Waals surface area contributed by atoms with Crippen molar-refractivity contribution < 1.29 is 4.79 Å². The van der Waals surface area contributed by atoms with Crippen LogP contribution in [-0.2, 0) is 4.79 Å². The number of carbonyl (C=O) groups is 1. The molecule has 0 unspecified atom stereocenters. The molecule has 0 bridgehead atoms. The number of nitrogens with zero attached hydrogens (tertiary/aromatic N) is 6. The van der Waals surface area contributed by atoms with Crippen molar-refractivity contribution in [1.82, 2.24) is 24.3 Å². The largest absolute Gasteiger partial charge is 0.350 e. The molecular weight excluding hydrogens is 328 g/mol. The van der Waals surface area contributed by atoms with E-state index in [0.29, 0.717) is 5.91 Å². The van der Waals surface area contributed by atoms with Crippen molar-refractivity contribution >= 4 is 17.4 Å². The molecule has 5 rings (SSSR count). The van der Waals surface area contributed by atoms with Gasteiger partial charge in [-0.25, -0.2) is 9.97 Å². The number of amides is 1. The number of anilines is 1. The molecule has 4 heterocycles. The topological polar surface area (TPSA) is 66.6 Å². The van der Waals surface area contributed by atoms with E-state index < -0.39 is 0 Å². The van der Waals surface area contributed by atoms with E-state index in [-0.39, 0.29) is 5.92 Å². The van der Waals surface area contributed by atoms with E-state index >= 15 is 0 Å². The zero-order chi connectivity index (χ0) is 17.5. The summed E-state index contributed by atoms with van der Waals surface area (Å²) in [6, 6.07) is 3.95. The Morgan fingerprint density at radius 2 is 1.88 bits per heavy atom. The van der Waals surface area contributed by atoms with Crippen molar-refractivity contribution in [3.63, 3.8) is 0 Å². The van der Waals surface area contributed by atoms with Gasteiger partial charge >= 0.3 is 0 Å². The fourth-order valence-electron chi connectivity index (χ4n) is 3.58. The van der Waals surface area contributed by atoms with Crippen LogP contribution < -0.4 is 4.90 Å². The van der Waals surface area contributed by atoms with Crippen LogP contribution in [0.5, 0.6) is 0 Å². The highest BCUT2D eigenvalue weighted by molar-refractivity contribution is 5.81. The number of piperazine rings is 1. The third-order valence-electron chi connectivity index (χ3n) is 5.18. The Balaban J connectivity index is 1.41. The summed E-state index contributed by atoms with van der Waals surface area (Å²) in [7, 11) is 0. The van der Waals surface area contributed by atoms with Crippen LogP contribution in [0, 0.1) is 5.92 Å².